The van der Waals surface area contributed by atoms with Crippen LogP contribution in [-0.2, 0) is 0 Å². The van der Waals surface area contributed by atoms with Gasteiger partial charge in [-0.3, -0.25) is 4.90 Å². The molecule has 0 aromatic carbocycles. The van der Waals surface area contributed by atoms with Gasteiger partial charge in [0.15, 0.2) is 0 Å². The number of aliphatic hydroxyl groups is 1. The van der Waals surface area contributed by atoms with Gasteiger partial charge >= 0.3 is 0 Å². The number of rotatable bonds is 3. The van der Waals surface area contributed by atoms with Crippen LogP contribution < -0.4 is 0 Å². The average Bonchev–Trinajstić information content (AvgIpc) is 2.71. The summed E-state index contributed by atoms with van der Waals surface area (Å²) in [5.74, 6) is 0.886. The van der Waals surface area contributed by atoms with Gasteiger partial charge in [0.2, 0.25) is 0 Å². The topological polar surface area (TPSA) is 23.5 Å². The van der Waals surface area contributed by atoms with Crippen molar-refractivity contribution < 1.29 is 5.11 Å². The van der Waals surface area contributed by atoms with Crippen molar-refractivity contribution in [2.75, 3.05) is 13.1 Å². The Labute approximate surface area is 106 Å². The van der Waals surface area contributed by atoms with Crippen molar-refractivity contribution in [3.05, 3.63) is 0 Å². The van der Waals surface area contributed by atoms with Crippen molar-refractivity contribution in [3.8, 4) is 0 Å². The molecule has 0 bridgehead atoms. The van der Waals surface area contributed by atoms with Crippen LogP contribution in [0.1, 0.15) is 59.3 Å². The van der Waals surface area contributed by atoms with Crippen molar-refractivity contribution in [2.24, 2.45) is 11.3 Å². The SMILES string of the molecule is CCCC1CCN(C2CC(C)(C)CCC2O)C1. The lowest BCUT2D eigenvalue weighted by Gasteiger charge is -2.43. The molecule has 3 unspecified atom stereocenters. The second-order valence-electron chi connectivity index (χ2n) is 6.98. The van der Waals surface area contributed by atoms with E-state index in [9.17, 15) is 5.11 Å². The van der Waals surface area contributed by atoms with E-state index in [-0.39, 0.29) is 6.10 Å². The summed E-state index contributed by atoms with van der Waals surface area (Å²) in [6, 6.07) is 0.431. The Hall–Kier alpha value is -0.0800. The van der Waals surface area contributed by atoms with E-state index in [1.807, 2.05) is 0 Å². The monoisotopic (exact) mass is 239 g/mol. The molecule has 2 fully saturated rings. The molecule has 0 spiro atoms. The second kappa shape index (κ2) is 5.27. The highest BCUT2D eigenvalue weighted by molar-refractivity contribution is 4.93. The fourth-order valence-electron chi connectivity index (χ4n) is 3.72. The van der Waals surface area contributed by atoms with Crippen LogP contribution >= 0.6 is 0 Å². The van der Waals surface area contributed by atoms with E-state index < -0.39 is 0 Å². The molecule has 2 heteroatoms. The van der Waals surface area contributed by atoms with E-state index in [1.54, 1.807) is 0 Å². The lowest BCUT2D eigenvalue weighted by molar-refractivity contribution is -0.00967. The molecule has 1 heterocycles. The van der Waals surface area contributed by atoms with E-state index in [4.69, 9.17) is 0 Å². The van der Waals surface area contributed by atoms with Gasteiger partial charge in [0.1, 0.15) is 0 Å². The summed E-state index contributed by atoms with van der Waals surface area (Å²) in [6.45, 7) is 9.42. The van der Waals surface area contributed by atoms with Gasteiger partial charge in [-0.25, -0.2) is 0 Å². The Morgan fingerprint density at radius 3 is 2.76 bits per heavy atom. The smallest absolute Gasteiger partial charge is 0.0695 e. The summed E-state index contributed by atoms with van der Waals surface area (Å²) in [4.78, 5) is 2.58. The molecule has 2 nitrogen and oxygen atoms in total. The largest absolute Gasteiger partial charge is 0.391 e. The Bertz CT molecular complexity index is 251. The zero-order valence-corrected chi connectivity index (χ0v) is 11.8. The molecule has 17 heavy (non-hydrogen) atoms. The Morgan fingerprint density at radius 1 is 1.29 bits per heavy atom. The summed E-state index contributed by atoms with van der Waals surface area (Å²) in [5.41, 5.74) is 0.423. The molecule has 2 aliphatic rings. The van der Waals surface area contributed by atoms with Crippen molar-refractivity contribution in [3.63, 3.8) is 0 Å². The molecule has 1 aliphatic heterocycles. The minimum Gasteiger partial charge on any atom is -0.391 e. The standard InChI is InChI=1S/C15H29NO/c1-4-5-12-7-9-16(11-12)13-10-15(2,3)8-6-14(13)17/h12-14,17H,4-11H2,1-3H3. The molecular formula is C15H29NO. The fraction of sp³-hybridized carbons (Fsp3) is 1.00. The summed E-state index contributed by atoms with van der Waals surface area (Å²) in [7, 11) is 0. The average molecular weight is 239 g/mol. The molecule has 1 aliphatic carbocycles. The van der Waals surface area contributed by atoms with Gasteiger partial charge < -0.3 is 5.11 Å². The van der Waals surface area contributed by atoms with Crippen molar-refractivity contribution in [1.29, 1.82) is 0 Å². The molecule has 0 aromatic heterocycles. The van der Waals surface area contributed by atoms with Gasteiger partial charge in [-0.05, 0) is 50.0 Å². The highest BCUT2D eigenvalue weighted by Crippen LogP contribution is 2.39. The normalized spacial score (nSPS) is 38.5. The molecule has 1 N–H and O–H groups in total. The minimum absolute atomic E-state index is 0.0802. The quantitative estimate of drug-likeness (QED) is 0.818. The predicted octanol–water partition coefficient (Wildman–Crippen LogP) is 3.05. The first-order valence-electron chi connectivity index (χ1n) is 7.44. The molecule has 0 amide bonds. The van der Waals surface area contributed by atoms with Crippen LogP contribution in [0.25, 0.3) is 0 Å². The molecule has 0 radical (unpaired) electrons. The van der Waals surface area contributed by atoms with Gasteiger partial charge in [-0.1, -0.05) is 27.2 Å². The zero-order valence-electron chi connectivity index (χ0n) is 11.8. The van der Waals surface area contributed by atoms with Crippen molar-refractivity contribution in [2.45, 2.75) is 71.4 Å². The van der Waals surface area contributed by atoms with E-state index in [2.05, 4.69) is 25.7 Å². The Kier molecular flexibility index (Phi) is 4.14. The number of likely N-dealkylation sites (tertiary alicyclic amines) is 1. The van der Waals surface area contributed by atoms with Crippen LogP contribution in [0, 0.1) is 11.3 Å². The number of hydrogen-bond acceptors (Lipinski definition) is 2. The summed E-state index contributed by atoms with van der Waals surface area (Å²) < 4.78 is 0. The summed E-state index contributed by atoms with van der Waals surface area (Å²) in [6.07, 6.45) is 7.27. The third-order valence-corrected chi connectivity index (χ3v) is 4.81. The highest BCUT2D eigenvalue weighted by atomic mass is 16.3. The van der Waals surface area contributed by atoms with E-state index >= 15 is 0 Å². The van der Waals surface area contributed by atoms with Gasteiger partial charge in [-0.2, -0.15) is 0 Å². The number of aliphatic hydroxyl groups excluding tert-OH is 1. The Balaban J connectivity index is 1.92. The highest BCUT2D eigenvalue weighted by Gasteiger charge is 2.39. The van der Waals surface area contributed by atoms with Crippen molar-refractivity contribution >= 4 is 0 Å². The maximum Gasteiger partial charge on any atom is 0.0695 e. The van der Waals surface area contributed by atoms with E-state index in [1.165, 1.54) is 45.2 Å². The third kappa shape index (κ3) is 3.23. The Morgan fingerprint density at radius 2 is 2.06 bits per heavy atom. The third-order valence-electron chi connectivity index (χ3n) is 4.81. The fourth-order valence-corrected chi connectivity index (χ4v) is 3.72. The van der Waals surface area contributed by atoms with Crippen LogP contribution in [0.3, 0.4) is 0 Å². The first-order chi connectivity index (χ1) is 8.02. The molecule has 100 valence electrons. The molecular weight excluding hydrogens is 210 g/mol. The maximum atomic E-state index is 10.2. The molecule has 2 rings (SSSR count). The van der Waals surface area contributed by atoms with Gasteiger partial charge in [0.25, 0.3) is 0 Å². The van der Waals surface area contributed by atoms with Gasteiger partial charge in [-0.15, -0.1) is 0 Å². The maximum absolute atomic E-state index is 10.2. The first kappa shape index (κ1) is 13.4. The zero-order chi connectivity index (χ0) is 12.5. The van der Waals surface area contributed by atoms with E-state index in [0.29, 0.717) is 11.5 Å². The second-order valence-corrected chi connectivity index (χ2v) is 6.98. The van der Waals surface area contributed by atoms with Crippen LogP contribution in [0.15, 0.2) is 0 Å². The molecule has 3 atom stereocenters. The van der Waals surface area contributed by atoms with E-state index in [0.717, 1.165) is 12.3 Å². The van der Waals surface area contributed by atoms with Crippen LogP contribution in [0.5, 0.6) is 0 Å². The molecule has 1 saturated heterocycles. The van der Waals surface area contributed by atoms with Crippen LogP contribution in [0.4, 0.5) is 0 Å². The number of nitrogens with zero attached hydrogens (tertiary/aromatic N) is 1. The van der Waals surface area contributed by atoms with Crippen molar-refractivity contribution in [1.82, 2.24) is 4.90 Å². The van der Waals surface area contributed by atoms with Crippen LogP contribution in [0.2, 0.25) is 0 Å². The van der Waals surface area contributed by atoms with Gasteiger partial charge in [0, 0.05) is 12.6 Å². The first-order valence-corrected chi connectivity index (χ1v) is 7.44. The molecule has 0 aromatic rings. The summed E-state index contributed by atoms with van der Waals surface area (Å²) >= 11 is 0. The van der Waals surface area contributed by atoms with Crippen LogP contribution in [-0.4, -0.2) is 35.2 Å². The summed E-state index contributed by atoms with van der Waals surface area (Å²) in [5, 5.41) is 10.2. The predicted molar refractivity (Wildman–Crippen MR) is 72.0 cm³/mol. The lowest BCUT2D eigenvalue weighted by atomic mass is 9.73. The minimum atomic E-state index is -0.0802. The molecule has 1 saturated carbocycles. The van der Waals surface area contributed by atoms with Gasteiger partial charge in [0.05, 0.1) is 6.10 Å². The number of hydrogen-bond donors (Lipinski definition) is 1. The lowest BCUT2D eigenvalue weighted by Crippen LogP contribution is -2.48.